The number of rotatable bonds is 9. The summed E-state index contributed by atoms with van der Waals surface area (Å²) >= 11 is 0. The molecule has 3 rings (SSSR count). The van der Waals surface area contributed by atoms with Crippen molar-refractivity contribution in [2.24, 2.45) is 5.92 Å². The third-order valence-corrected chi connectivity index (χ3v) is 5.99. The van der Waals surface area contributed by atoms with Crippen molar-refractivity contribution >= 4 is 23.3 Å². The fourth-order valence-corrected chi connectivity index (χ4v) is 4.18. The van der Waals surface area contributed by atoms with Crippen molar-refractivity contribution in [2.45, 2.75) is 52.3 Å². The molecule has 2 heterocycles. The molecule has 0 spiro atoms. The van der Waals surface area contributed by atoms with Gasteiger partial charge in [-0.25, -0.2) is 5.01 Å². The van der Waals surface area contributed by atoms with Crippen LogP contribution in [0.25, 0.3) is 0 Å². The average Bonchev–Trinajstić information content (AvgIpc) is 3.12. The van der Waals surface area contributed by atoms with E-state index >= 15 is 0 Å². The molecule has 3 atom stereocenters. The van der Waals surface area contributed by atoms with E-state index in [1.54, 1.807) is 19.1 Å². The number of ether oxygens (including phenoxy) is 2. The van der Waals surface area contributed by atoms with E-state index in [-0.39, 0.29) is 36.2 Å². The van der Waals surface area contributed by atoms with E-state index in [0.29, 0.717) is 25.2 Å². The van der Waals surface area contributed by atoms with Gasteiger partial charge in [0.15, 0.2) is 5.78 Å². The Balaban J connectivity index is 1.66. The number of carbonyl (C=O) groups excluding carboxylic acids is 3. The van der Waals surface area contributed by atoms with Crippen LogP contribution in [-0.4, -0.2) is 80.2 Å². The molecule has 1 aromatic rings. The summed E-state index contributed by atoms with van der Waals surface area (Å²) in [4.78, 5) is 37.8. The summed E-state index contributed by atoms with van der Waals surface area (Å²) in [6, 6.07) is 5.97. The van der Waals surface area contributed by atoms with Crippen LogP contribution in [0, 0.1) is 5.92 Å². The average molecular weight is 461 g/mol. The highest BCUT2D eigenvalue weighted by atomic mass is 16.5. The van der Waals surface area contributed by atoms with Gasteiger partial charge in [-0.15, -0.1) is 0 Å². The Hall–Kier alpha value is -2.49. The molecule has 2 aliphatic rings. The summed E-state index contributed by atoms with van der Waals surface area (Å²) in [5.74, 6) is -0.655. The molecule has 2 aliphatic heterocycles. The highest BCUT2D eigenvalue weighted by molar-refractivity contribution is 5.99. The molecule has 2 N–H and O–H groups in total. The highest BCUT2D eigenvalue weighted by Gasteiger charge is 2.35. The van der Waals surface area contributed by atoms with Gasteiger partial charge in [-0.2, -0.15) is 0 Å². The lowest BCUT2D eigenvalue weighted by Gasteiger charge is -2.38. The number of hydrogen-bond donors (Lipinski definition) is 2. The molecule has 3 unspecified atom stereocenters. The second-order valence-corrected chi connectivity index (χ2v) is 8.95. The standard InChI is InChI=1S/C24H36N4O5/c1-5-28(27-10-12-32-13-11-27)19-8-6-18(7-9-19)23(30)25-20(14-16(2)3)24(31)26-22-17(4)33-15-21(22)29/h6-9,16-17,20,22H,5,10-15H2,1-4H3,(H,25,30)(H,26,31). The van der Waals surface area contributed by atoms with Gasteiger partial charge in [0.25, 0.3) is 5.91 Å². The minimum absolute atomic E-state index is 0.00109. The molecule has 0 aromatic heterocycles. The van der Waals surface area contributed by atoms with Gasteiger partial charge >= 0.3 is 0 Å². The number of amides is 2. The van der Waals surface area contributed by atoms with Crippen LogP contribution in [0.15, 0.2) is 24.3 Å². The molecule has 0 saturated carbocycles. The van der Waals surface area contributed by atoms with Crippen molar-refractivity contribution in [1.82, 2.24) is 15.6 Å². The first-order valence-electron chi connectivity index (χ1n) is 11.8. The molecule has 0 bridgehead atoms. The molecule has 9 heteroatoms. The van der Waals surface area contributed by atoms with Crippen LogP contribution in [-0.2, 0) is 19.1 Å². The zero-order chi connectivity index (χ0) is 24.0. The van der Waals surface area contributed by atoms with Crippen LogP contribution >= 0.6 is 0 Å². The predicted octanol–water partition coefficient (Wildman–Crippen LogP) is 1.38. The largest absolute Gasteiger partial charge is 0.379 e. The van der Waals surface area contributed by atoms with Crippen LogP contribution in [0.4, 0.5) is 5.69 Å². The topological polar surface area (TPSA) is 100 Å². The number of hydrazine groups is 1. The quantitative estimate of drug-likeness (QED) is 0.574. The van der Waals surface area contributed by atoms with Crippen LogP contribution < -0.4 is 15.6 Å². The van der Waals surface area contributed by atoms with Crippen molar-refractivity contribution < 1.29 is 23.9 Å². The summed E-state index contributed by atoms with van der Waals surface area (Å²) in [5, 5.41) is 10.0. The maximum Gasteiger partial charge on any atom is 0.251 e. The van der Waals surface area contributed by atoms with Gasteiger partial charge < -0.3 is 25.1 Å². The van der Waals surface area contributed by atoms with Gasteiger partial charge in [0, 0.05) is 25.2 Å². The number of morpholine rings is 1. The van der Waals surface area contributed by atoms with Crippen LogP contribution in [0.3, 0.4) is 0 Å². The Kier molecular flexibility index (Phi) is 8.82. The number of benzene rings is 1. The first-order chi connectivity index (χ1) is 15.8. The third-order valence-electron chi connectivity index (χ3n) is 5.99. The number of anilines is 1. The SMILES string of the molecule is CCN(c1ccc(C(=O)NC(CC(C)C)C(=O)NC2C(=O)COC2C)cc1)N1CCOCC1. The van der Waals surface area contributed by atoms with Gasteiger partial charge in [0.05, 0.1) is 25.0 Å². The first kappa shape index (κ1) is 25.1. The molecule has 9 nitrogen and oxygen atoms in total. The van der Waals surface area contributed by atoms with Gasteiger partial charge in [-0.3, -0.25) is 14.4 Å². The lowest BCUT2D eigenvalue weighted by atomic mass is 10.0. The Labute approximate surface area is 195 Å². The van der Waals surface area contributed by atoms with E-state index in [0.717, 1.165) is 25.3 Å². The van der Waals surface area contributed by atoms with Gasteiger partial charge in [-0.05, 0) is 50.5 Å². The zero-order valence-electron chi connectivity index (χ0n) is 20.0. The van der Waals surface area contributed by atoms with Gasteiger partial charge in [0.2, 0.25) is 5.91 Å². The number of nitrogens with zero attached hydrogens (tertiary/aromatic N) is 2. The minimum atomic E-state index is -0.738. The molecule has 33 heavy (non-hydrogen) atoms. The Morgan fingerprint density at radius 3 is 2.39 bits per heavy atom. The third kappa shape index (κ3) is 6.52. The van der Waals surface area contributed by atoms with Gasteiger partial charge in [0.1, 0.15) is 18.7 Å². The molecule has 2 amide bonds. The van der Waals surface area contributed by atoms with E-state index < -0.39 is 12.1 Å². The van der Waals surface area contributed by atoms with Crippen molar-refractivity contribution in [3.05, 3.63) is 29.8 Å². The molecule has 2 saturated heterocycles. The molecule has 2 fully saturated rings. The van der Waals surface area contributed by atoms with E-state index in [9.17, 15) is 14.4 Å². The van der Waals surface area contributed by atoms with Crippen molar-refractivity contribution in [2.75, 3.05) is 44.5 Å². The second kappa shape index (κ2) is 11.6. The summed E-state index contributed by atoms with van der Waals surface area (Å²) < 4.78 is 10.7. The Morgan fingerprint density at radius 2 is 1.85 bits per heavy atom. The smallest absolute Gasteiger partial charge is 0.251 e. The zero-order valence-corrected chi connectivity index (χ0v) is 20.0. The van der Waals surface area contributed by atoms with E-state index in [1.165, 1.54) is 0 Å². The van der Waals surface area contributed by atoms with E-state index in [4.69, 9.17) is 9.47 Å². The number of ketones is 1. The Bertz CT molecular complexity index is 823. The molecular weight excluding hydrogens is 424 g/mol. The fraction of sp³-hybridized carbons (Fsp3) is 0.625. The van der Waals surface area contributed by atoms with Gasteiger partial charge in [-0.1, -0.05) is 13.8 Å². The number of nitrogens with one attached hydrogen (secondary N) is 2. The van der Waals surface area contributed by atoms with Crippen LogP contribution in [0.1, 0.15) is 44.5 Å². The maximum atomic E-state index is 12.9. The first-order valence-corrected chi connectivity index (χ1v) is 11.8. The minimum Gasteiger partial charge on any atom is -0.379 e. The van der Waals surface area contributed by atoms with Crippen molar-refractivity contribution in [1.29, 1.82) is 0 Å². The maximum absolute atomic E-state index is 12.9. The highest BCUT2D eigenvalue weighted by Crippen LogP contribution is 2.19. The molecule has 0 radical (unpaired) electrons. The number of carbonyl (C=O) groups is 3. The normalized spacial score (nSPS) is 22.3. The molecule has 1 aromatic carbocycles. The predicted molar refractivity (Wildman–Crippen MR) is 125 cm³/mol. The van der Waals surface area contributed by atoms with E-state index in [2.05, 4.69) is 27.6 Å². The molecular formula is C24H36N4O5. The summed E-state index contributed by atoms with van der Waals surface area (Å²) in [6.07, 6.45) is 0.0873. The number of Topliss-reactive ketones (excluding diaryl/α,β-unsaturated/α-hetero) is 1. The van der Waals surface area contributed by atoms with Crippen LogP contribution in [0.2, 0.25) is 0 Å². The van der Waals surface area contributed by atoms with Crippen molar-refractivity contribution in [3.63, 3.8) is 0 Å². The summed E-state index contributed by atoms with van der Waals surface area (Å²) in [6.45, 7) is 11.7. The van der Waals surface area contributed by atoms with E-state index in [1.807, 2.05) is 26.0 Å². The summed E-state index contributed by atoms with van der Waals surface area (Å²) in [5.41, 5.74) is 1.48. The monoisotopic (exact) mass is 460 g/mol. The van der Waals surface area contributed by atoms with Crippen LogP contribution in [0.5, 0.6) is 0 Å². The lowest BCUT2D eigenvalue weighted by molar-refractivity contribution is -0.127. The van der Waals surface area contributed by atoms with Crippen molar-refractivity contribution in [3.8, 4) is 0 Å². The molecule has 0 aliphatic carbocycles. The number of hydrogen-bond acceptors (Lipinski definition) is 7. The lowest BCUT2D eigenvalue weighted by Crippen LogP contribution is -2.53. The second-order valence-electron chi connectivity index (χ2n) is 8.95. The fourth-order valence-electron chi connectivity index (χ4n) is 4.18. The summed E-state index contributed by atoms with van der Waals surface area (Å²) in [7, 11) is 0. The Morgan fingerprint density at radius 1 is 1.18 bits per heavy atom. The molecule has 182 valence electrons.